The van der Waals surface area contributed by atoms with E-state index in [1.165, 1.54) is 18.2 Å². The zero-order valence-corrected chi connectivity index (χ0v) is 9.89. The number of halogens is 6. The van der Waals surface area contributed by atoms with Crippen LogP contribution in [0.1, 0.15) is 17.6 Å². The average molecular weight is 290 g/mol. The number of hydrogen-bond donors (Lipinski definition) is 0. The third-order valence-electron chi connectivity index (χ3n) is 2.78. The Kier molecular flexibility index (Phi) is 3.74. The molecule has 0 heterocycles. The summed E-state index contributed by atoms with van der Waals surface area (Å²) in [6, 6.07) is 7.12. The van der Waals surface area contributed by atoms with Crippen LogP contribution in [0.2, 0.25) is 0 Å². The van der Waals surface area contributed by atoms with Gasteiger partial charge in [-0.15, -0.1) is 0 Å². The van der Waals surface area contributed by atoms with Crippen LogP contribution in [-0.2, 0) is 6.18 Å². The summed E-state index contributed by atoms with van der Waals surface area (Å²) in [5.74, 6) is -1.23. The summed E-state index contributed by atoms with van der Waals surface area (Å²) in [5, 5.41) is 0. The van der Waals surface area contributed by atoms with Crippen molar-refractivity contribution in [1.82, 2.24) is 0 Å². The molecule has 2 aromatic carbocycles. The van der Waals surface area contributed by atoms with Gasteiger partial charge in [0.15, 0.2) is 0 Å². The predicted octanol–water partition coefficient (Wildman–Crippen LogP) is 5.45. The highest BCUT2D eigenvalue weighted by atomic mass is 19.4. The van der Waals surface area contributed by atoms with Crippen molar-refractivity contribution in [3.05, 3.63) is 59.4 Å². The maximum absolute atomic E-state index is 13.5. The second kappa shape index (κ2) is 5.19. The molecule has 0 aliphatic rings. The van der Waals surface area contributed by atoms with Crippen LogP contribution in [-0.4, -0.2) is 0 Å². The molecule has 0 nitrogen and oxygen atoms in total. The summed E-state index contributed by atoms with van der Waals surface area (Å²) in [4.78, 5) is 0. The standard InChI is InChI=1S/C14H8F6/c15-12-7-8(5-6-10(12)13(16)17)9-3-1-2-4-11(9)14(18,19)20/h1-7,13H. The lowest BCUT2D eigenvalue weighted by atomic mass is 9.98. The molecule has 0 saturated carbocycles. The van der Waals surface area contributed by atoms with Gasteiger partial charge in [0.05, 0.1) is 11.1 Å². The fraction of sp³-hybridized carbons (Fsp3) is 0.143. The molecule has 2 rings (SSSR count). The Hall–Kier alpha value is -1.98. The monoisotopic (exact) mass is 290 g/mol. The van der Waals surface area contributed by atoms with E-state index in [9.17, 15) is 26.3 Å². The molecule has 0 aliphatic carbocycles. The third kappa shape index (κ3) is 2.79. The lowest BCUT2D eigenvalue weighted by Gasteiger charge is -2.13. The molecule has 0 radical (unpaired) electrons. The Bertz CT molecular complexity index is 615. The molecule has 20 heavy (non-hydrogen) atoms. The molecule has 0 N–H and O–H groups in total. The van der Waals surface area contributed by atoms with Gasteiger partial charge in [-0.1, -0.05) is 24.3 Å². The van der Waals surface area contributed by atoms with Crippen LogP contribution in [0.25, 0.3) is 11.1 Å². The third-order valence-corrected chi connectivity index (χ3v) is 2.78. The van der Waals surface area contributed by atoms with Crippen LogP contribution < -0.4 is 0 Å². The minimum absolute atomic E-state index is 0.0974. The van der Waals surface area contributed by atoms with E-state index in [-0.39, 0.29) is 11.1 Å². The summed E-state index contributed by atoms with van der Waals surface area (Å²) in [6.07, 6.45) is -7.61. The maximum Gasteiger partial charge on any atom is 0.417 e. The molecule has 0 atom stereocenters. The van der Waals surface area contributed by atoms with Gasteiger partial charge < -0.3 is 0 Å². The Morgan fingerprint density at radius 2 is 1.55 bits per heavy atom. The number of rotatable bonds is 2. The van der Waals surface area contributed by atoms with Gasteiger partial charge in [-0.2, -0.15) is 13.2 Å². The Balaban J connectivity index is 2.56. The van der Waals surface area contributed by atoms with Crippen LogP contribution in [0, 0.1) is 5.82 Å². The predicted molar refractivity (Wildman–Crippen MR) is 61.8 cm³/mol. The number of benzene rings is 2. The largest absolute Gasteiger partial charge is 0.417 e. The highest BCUT2D eigenvalue weighted by molar-refractivity contribution is 5.68. The van der Waals surface area contributed by atoms with Crippen LogP contribution in [0.5, 0.6) is 0 Å². The SMILES string of the molecule is Fc1cc(-c2ccccc2C(F)(F)F)ccc1C(F)F. The van der Waals surface area contributed by atoms with E-state index in [2.05, 4.69) is 0 Å². The van der Waals surface area contributed by atoms with E-state index < -0.39 is 29.5 Å². The van der Waals surface area contributed by atoms with Crippen LogP contribution in [0.15, 0.2) is 42.5 Å². The Morgan fingerprint density at radius 3 is 2.10 bits per heavy atom. The molecule has 2 aromatic rings. The lowest BCUT2D eigenvalue weighted by Crippen LogP contribution is -2.07. The van der Waals surface area contributed by atoms with Crippen molar-refractivity contribution in [2.24, 2.45) is 0 Å². The summed E-state index contributed by atoms with van der Waals surface area (Å²) >= 11 is 0. The molecule has 6 heteroatoms. The van der Waals surface area contributed by atoms with E-state index in [0.29, 0.717) is 6.07 Å². The van der Waals surface area contributed by atoms with E-state index in [1.54, 1.807) is 0 Å². The molecule has 0 amide bonds. The van der Waals surface area contributed by atoms with Gasteiger partial charge in [0.1, 0.15) is 5.82 Å². The van der Waals surface area contributed by atoms with Crippen molar-refractivity contribution in [3.63, 3.8) is 0 Å². The van der Waals surface area contributed by atoms with E-state index in [0.717, 1.165) is 18.2 Å². The first kappa shape index (κ1) is 14.4. The second-order valence-electron chi connectivity index (χ2n) is 4.08. The average Bonchev–Trinajstić information content (AvgIpc) is 2.37. The molecule has 0 aliphatic heterocycles. The van der Waals surface area contributed by atoms with Crippen molar-refractivity contribution in [1.29, 1.82) is 0 Å². The molecule has 106 valence electrons. The number of alkyl halides is 5. The van der Waals surface area contributed by atoms with Gasteiger partial charge >= 0.3 is 6.18 Å². The molecule has 0 bridgehead atoms. The summed E-state index contributed by atoms with van der Waals surface area (Å²) in [5.41, 5.74) is -2.12. The summed E-state index contributed by atoms with van der Waals surface area (Å²) in [6.45, 7) is 0. The van der Waals surface area contributed by atoms with Gasteiger partial charge in [0.2, 0.25) is 0 Å². The molecular formula is C14H8F6. The van der Waals surface area contributed by atoms with Crippen molar-refractivity contribution < 1.29 is 26.3 Å². The van der Waals surface area contributed by atoms with Crippen LogP contribution >= 0.6 is 0 Å². The molecular weight excluding hydrogens is 282 g/mol. The fourth-order valence-electron chi connectivity index (χ4n) is 1.85. The van der Waals surface area contributed by atoms with Gasteiger partial charge in [0, 0.05) is 0 Å². The zero-order valence-electron chi connectivity index (χ0n) is 9.89. The maximum atomic E-state index is 13.5. The van der Waals surface area contributed by atoms with E-state index in [4.69, 9.17) is 0 Å². The van der Waals surface area contributed by atoms with Gasteiger partial charge in [-0.05, 0) is 29.3 Å². The first-order valence-electron chi connectivity index (χ1n) is 5.55. The molecule has 0 saturated heterocycles. The van der Waals surface area contributed by atoms with Crippen molar-refractivity contribution in [3.8, 4) is 11.1 Å². The first-order chi connectivity index (χ1) is 9.30. The molecule has 0 fully saturated rings. The molecule has 0 unspecified atom stereocenters. The van der Waals surface area contributed by atoms with Crippen molar-refractivity contribution >= 4 is 0 Å². The highest BCUT2D eigenvalue weighted by Crippen LogP contribution is 2.37. The van der Waals surface area contributed by atoms with Crippen LogP contribution in [0.4, 0.5) is 26.3 Å². The first-order valence-corrected chi connectivity index (χ1v) is 5.55. The highest BCUT2D eigenvalue weighted by Gasteiger charge is 2.33. The summed E-state index contributed by atoms with van der Waals surface area (Å²) in [7, 11) is 0. The van der Waals surface area contributed by atoms with E-state index in [1.807, 2.05) is 0 Å². The van der Waals surface area contributed by atoms with Gasteiger partial charge in [-0.25, -0.2) is 13.2 Å². The minimum Gasteiger partial charge on any atom is -0.206 e. The minimum atomic E-state index is -4.60. The normalized spacial score (nSPS) is 11.9. The van der Waals surface area contributed by atoms with E-state index >= 15 is 0 Å². The molecule has 0 spiro atoms. The summed E-state index contributed by atoms with van der Waals surface area (Å²) < 4.78 is 76.8. The van der Waals surface area contributed by atoms with Crippen molar-refractivity contribution in [2.45, 2.75) is 12.6 Å². The molecule has 0 aromatic heterocycles. The van der Waals surface area contributed by atoms with Gasteiger partial charge in [0.25, 0.3) is 6.43 Å². The quantitative estimate of drug-likeness (QED) is 0.645. The topological polar surface area (TPSA) is 0 Å². The Labute approximate surface area is 110 Å². The number of hydrogen-bond acceptors (Lipinski definition) is 0. The van der Waals surface area contributed by atoms with Crippen molar-refractivity contribution in [2.75, 3.05) is 0 Å². The van der Waals surface area contributed by atoms with Crippen LogP contribution in [0.3, 0.4) is 0 Å². The Morgan fingerprint density at radius 1 is 0.900 bits per heavy atom. The second-order valence-corrected chi connectivity index (χ2v) is 4.08. The fourth-order valence-corrected chi connectivity index (χ4v) is 1.85. The smallest absolute Gasteiger partial charge is 0.206 e. The van der Waals surface area contributed by atoms with Gasteiger partial charge in [-0.3, -0.25) is 0 Å². The lowest BCUT2D eigenvalue weighted by molar-refractivity contribution is -0.137. The zero-order chi connectivity index (χ0) is 14.9.